The number of sulfonamides is 1. The van der Waals surface area contributed by atoms with Crippen LogP contribution in [0.25, 0.3) is 5.69 Å². The molecule has 38 heavy (non-hydrogen) atoms. The number of benzene rings is 3. The van der Waals surface area contributed by atoms with E-state index in [-0.39, 0.29) is 4.90 Å². The second-order valence-electron chi connectivity index (χ2n) is 8.74. The summed E-state index contributed by atoms with van der Waals surface area (Å²) < 4.78 is 31.9. The molecule has 0 spiro atoms. The van der Waals surface area contributed by atoms with Crippen molar-refractivity contribution >= 4 is 59.7 Å². The van der Waals surface area contributed by atoms with Crippen molar-refractivity contribution < 1.29 is 13.2 Å². The quantitative estimate of drug-likeness (QED) is 0.179. The van der Waals surface area contributed by atoms with Gasteiger partial charge >= 0.3 is 0 Å². The Bertz CT molecular complexity index is 1610. The molecule has 4 rings (SSSR count). The molecule has 10 heteroatoms. The Balaban J connectivity index is 1.56. The molecule has 0 aliphatic carbocycles. The molecule has 3 aromatic carbocycles. The van der Waals surface area contributed by atoms with Crippen LogP contribution in [0.1, 0.15) is 22.5 Å². The van der Waals surface area contributed by atoms with Gasteiger partial charge in [-0.05, 0) is 75.4 Å². The van der Waals surface area contributed by atoms with Gasteiger partial charge in [-0.3, -0.25) is 9.10 Å². The Morgan fingerprint density at radius 1 is 0.947 bits per heavy atom. The number of anilines is 1. The van der Waals surface area contributed by atoms with Gasteiger partial charge in [0.2, 0.25) is 0 Å². The fourth-order valence-electron chi connectivity index (χ4n) is 4.05. The molecule has 0 radical (unpaired) electrons. The minimum Gasteiger partial charge on any atom is -0.318 e. The number of hydrogen-bond donors (Lipinski definition) is 1. The molecule has 0 fully saturated rings. The number of rotatable bonds is 8. The van der Waals surface area contributed by atoms with Gasteiger partial charge in [-0.1, -0.05) is 61.7 Å². The molecule has 0 aliphatic rings. The van der Waals surface area contributed by atoms with Crippen LogP contribution in [-0.4, -0.2) is 31.7 Å². The van der Waals surface area contributed by atoms with Gasteiger partial charge in [0.1, 0.15) is 6.54 Å². The molecule has 1 N–H and O–H groups in total. The summed E-state index contributed by atoms with van der Waals surface area (Å²) in [7, 11) is -4.01. The van der Waals surface area contributed by atoms with Crippen LogP contribution in [0, 0.1) is 20.8 Å². The van der Waals surface area contributed by atoms with Crippen LogP contribution in [0.2, 0.25) is 0 Å². The van der Waals surface area contributed by atoms with Crippen molar-refractivity contribution in [3.63, 3.8) is 0 Å². The molecule has 0 saturated carbocycles. The summed E-state index contributed by atoms with van der Waals surface area (Å²) in [4.78, 5) is 13.0. The van der Waals surface area contributed by atoms with Crippen LogP contribution in [0.3, 0.4) is 0 Å². The van der Waals surface area contributed by atoms with Crippen LogP contribution in [0.4, 0.5) is 5.69 Å². The van der Waals surface area contributed by atoms with Gasteiger partial charge in [0, 0.05) is 31.6 Å². The molecule has 1 amide bonds. The van der Waals surface area contributed by atoms with E-state index in [9.17, 15) is 13.2 Å². The largest absolute Gasteiger partial charge is 0.318 e. The first-order valence-electron chi connectivity index (χ1n) is 11.7. The highest BCUT2D eigenvalue weighted by molar-refractivity contribution is 9.10. The van der Waals surface area contributed by atoms with E-state index < -0.39 is 22.5 Å². The Hall–Kier alpha value is -3.21. The lowest BCUT2D eigenvalue weighted by atomic mass is 10.2. The van der Waals surface area contributed by atoms with E-state index in [1.807, 2.05) is 51.1 Å². The van der Waals surface area contributed by atoms with E-state index in [2.05, 4.69) is 47.0 Å². The third-order valence-electron chi connectivity index (χ3n) is 5.92. The zero-order valence-electron chi connectivity index (χ0n) is 21.0. The van der Waals surface area contributed by atoms with Crippen LogP contribution in [0.15, 0.2) is 97.8 Å². The molecule has 0 aliphatic heterocycles. The topological polar surface area (TPSA) is 83.8 Å². The van der Waals surface area contributed by atoms with Crippen LogP contribution in [-0.2, 0) is 14.8 Å². The molecule has 0 atom stereocenters. The number of hydrazone groups is 1. The summed E-state index contributed by atoms with van der Waals surface area (Å²) in [5.41, 5.74) is 7.58. The maximum absolute atomic E-state index is 13.5. The van der Waals surface area contributed by atoms with E-state index in [1.165, 1.54) is 12.1 Å². The summed E-state index contributed by atoms with van der Waals surface area (Å²) in [6.45, 7) is 5.40. The second kappa shape index (κ2) is 11.7. The molecule has 1 heterocycles. The van der Waals surface area contributed by atoms with Crippen molar-refractivity contribution in [3.8, 4) is 5.69 Å². The predicted octanol–water partition coefficient (Wildman–Crippen LogP) is 6.27. The average Bonchev–Trinajstić information content (AvgIpc) is 3.15. The maximum Gasteiger partial charge on any atom is 0.264 e. The van der Waals surface area contributed by atoms with Gasteiger partial charge in [-0.15, -0.1) is 0 Å². The number of carbonyl (C=O) groups is 1. The Kier molecular flexibility index (Phi) is 8.54. The van der Waals surface area contributed by atoms with Crippen molar-refractivity contribution in [1.82, 2.24) is 9.99 Å². The molecule has 7 nitrogen and oxygen atoms in total. The minimum absolute atomic E-state index is 0.0966. The summed E-state index contributed by atoms with van der Waals surface area (Å²) in [5, 5.41) is 4.12. The van der Waals surface area contributed by atoms with Crippen molar-refractivity contribution in [3.05, 3.63) is 110 Å². The number of halogens is 2. The Morgan fingerprint density at radius 3 is 2.26 bits per heavy atom. The molecule has 196 valence electrons. The highest BCUT2D eigenvalue weighted by Crippen LogP contribution is 2.27. The smallest absolute Gasteiger partial charge is 0.264 e. The van der Waals surface area contributed by atoms with Gasteiger partial charge in [0.25, 0.3) is 15.9 Å². The third-order valence-corrected chi connectivity index (χ3v) is 8.70. The third kappa shape index (κ3) is 6.25. The SMILES string of the molecule is Cc1ccc(S(=O)(=O)N(CC(=O)N/N=C\c2cc(C)n(-c3cccc(Br)c3)c2C)c2cccc(Br)c2)cc1. The van der Waals surface area contributed by atoms with Crippen molar-refractivity contribution in [2.45, 2.75) is 25.7 Å². The fourth-order valence-corrected chi connectivity index (χ4v) is 6.24. The van der Waals surface area contributed by atoms with Crippen LogP contribution in [0.5, 0.6) is 0 Å². The molecule has 1 aromatic heterocycles. The van der Waals surface area contributed by atoms with Gasteiger partial charge in [0.05, 0.1) is 16.8 Å². The lowest BCUT2D eigenvalue weighted by Gasteiger charge is -2.24. The number of hydrogen-bond acceptors (Lipinski definition) is 4. The van der Waals surface area contributed by atoms with Crippen LogP contribution >= 0.6 is 31.9 Å². The first-order valence-corrected chi connectivity index (χ1v) is 14.7. The average molecular weight is 658 g/mol. The van der Waals surface area contributed by atoms with Crippen molar-refractivity contribution in [2.75, 3.05) is 10.8 Å². The maximum atomic E-state index is 13.5. The first kappa shape index (κ1) is 27.8. The minimum atomic E-state index is -4.01. The molecule has 0 saturated heterocycles. The van der Waals surface area contributed by atoms with Gasteiger partial charge in [-0.2, -0.15) is 5.10 Å². The zero-order valence-corrected chi connectivity index (χ0v) is 25.0. The number of nitrogens with zero attached hydrogens (tertiary/aromatic N) is 3. The summed E-state index contributed by atoms with van der Waals surface area (Å²) >= 11 is 6.89. The second-order valence-corrected chi connectivity index (χ2v) is 12.4. The standard InChI is InChI=1S/C28H26Br2N4O3S/c1-19-10-12-27(13-11-19)38(36,37)33(25-8-4-6-23(29)15-25)18-28(35)32-31-17-22-14-20(2)34(21(22)3)26-9-5-7-24(30)16-26/h4-17H,18H2,1-3H3,(H,32,35)/b31-17-. The van der Waals surface area contributed by atoms with Gasteiger partial charge < -0.3 is 4.57 Å². The van der Waals surface area contributed by atoms with E-state index in [0.717, 1.165) is 37.0 Å². The number of nitrogens with one attached hydrogen (secondary N) is 1. The first-order chi connectivity index (χ1) is 18.1. The molecule has 0 bridgehead atoms. The molecular formula is C28H26Br2N4O3S. The van der Waals surface area contributed by atoms with Crippen molar-refractivity contribution in [2.24, 2.45) is 5.10 Å². The fraction of sp³-hybridized carbons (Fsp3) is 0.143. The summed E-state index contributed by atoms with van der Waals surface area (Å²) in [5.74, 6) is -0.572. The number of aromatic nitrogens is 1. The number of aryl methyl sites for hydroxylation is 2. The van der Waals surface area contributed by atoms with Gasteiger partial charge in [0.15, 0.2) is 0 Å². The van der Waals surface area contributed by atoms with E-state index >= 15 is 0 Å². The predicted molar refractivity (Wildman–Crippen MR) is 159 cm³/mol. The summed E-state index contributed by atoms with van der Waals surface area (Å²) in [6.07, 6.45) is 1.56. The Labute approximate surface area is 239 Å². The molecular weight excluding hydrogens is 632 g/mol. The molecule has 4 aromatic rings. The normalized spacial score (nSPS) is 11.6. The highest BCUT2D eigenvalue weighted by Gasteiger charge is 2.27. The Morgan fingerprint density at radius 2 is 1.61 bits per heavy atom. The number of amides is 1. The van der Waals surface area contributed by atoms with E-state index in [4.69, 9.17) is 0 Å². The zero-order chi connectivity index (χ0) is 27.4. The summed E-state index contributed by atoms with van der Waals surface area (Å²) in [6, 6.07) is 23.3. The molecule has 0 unspecified atom stereocenters. The van der Waals surface area contributed by atoms with Gasteiger partial charge in [-0.25, -0.2) is 13.8 Å². The van der Waals surface area contributed by atoms with E-state index in [1.54, 1.807) is 42.6 Å². The lowest BCUT2D eigenvalue weighted by molar-refractivity contribution is -0.119. The highest BCUT2D eigenvalue weighted by atomic mass is 79.9. The monoisotopic (exact) mass is 656 g/mol. The van der Waals surface area contributed by atoms with Crippen LogP contribution < -0.4 is 9.73 Å². The number of carbonyl (C=O) groups excluding carboxylic acids is 1. The van der Waals surface area contributed by atoms with Crippen molar-refractivity contribution in [1.29, 1.82) is 0 Å². The van der Waals surface area contributed by atoms with E-state index in [0.29, 0.717) is 10.2 Å². The lowest BCUT2D eigenvalue weighted by Crippen LogP contribution is -2.39.